The smallest absolute Gasteiger partial charge is 0.0366 e. The number of hydrogen-bond donors (Lipinski definition) is 0. The Balaban J connectivity index is 1.23. The van der Waals surface area contributed by atoms with Gasteiger partial charge in [0.25, 0.3) is 0 Å². The molecule has 2 atom stereocenters. The minimum atomic E-state index is 0.727. The normalized spacial score (nSPS) is 28.1. The first-order valence-electron chi connectivity index (χ1n) is 10.0. The number of likely N-dealkylation sites (tertiary alicyclic amines) is 2. The van der Waals surface area contributed by atoms with Crippen molar-refractivity contribution in [3.05, 3.63) is 65.4 Å². The van der Waals surface area contributed by atoms with Gasteiger partial charge in [-0.15, -0.1) is 0 Å². The van der Waals surface area contributed by atoms with Crippen molar-refractivity contribution >= 4 is 5.57 Å². The van der Waals surface area contributed by atoms with Gasteiger partial charge in [0.05, 0.1) is 0 Å². The molecule has 1 aromatic rings. The minimum absolute atomic E-state index is 0.727. The summed E-state index contributed by atoms with van der Waals surface area (Å²) in [6, 6.07) is 9.48. The third kappa shape index (κ3) is 2.97. The molecule has 0 saturated carbocycles. The fourth-order valence-corrected chi connectivity index (χ4v) is 4.99. The first kappa shape index (κ1) is 15.5. The average molecular weight is 332 g/mol. The molecule has 0 bridgehead atoms. The summed E-state index contributed by atoms with van der Waals surface area (Å²) in [6.45, 7) is 6.26. The van der Waals surface area contributed by atoms with Crippen molar-refractivity contribution in [2.75, 3.05) is 32.7 Å². The highest BCUT2D eigenvalue weighted by molar-refractivity contribution is 5.70. The first-order valence-corrected chi connectivity index (χ1v) is 10.0. The van der Waals surface area contributed by atoms with E-state index in [2.05, 4.69) is 58.4 Å². The molecule has 2 fully saturated rings. The monoisotopic (exact) mass is 332 g/mol. The Morgan fingerprint density at radius 3 is 2.52 bits per heavy atom. The van der Waals surface area contributed by atoms with Gasteiger partial charge < -0.3 is 9.80 Å². The van der Waals surface area contributed by atoms with E-state index >= 15 is 0 Å². The highest BCUT2D eigenvalue weighted by Crippen LogP contribution is 2.44. The van der Waals surface area contributed by atoms with Gasteiger partial charge in [-0.05, 0) is 73.5 Å². The van der Waals surface area contributed by atoms with Crippen LogP contribution >= 0.6 is 0 Å². The summed E-state index contributed by atoms with van der Waals surface area (Å²) in [6.07, 6.45) is 14.4. The molecule has 1 aromatic carbocycles. The van der Waals surface area contributed by atoms with Crippen LogP contribution in [0.4, 0.5) is 0 Å². The summed E-state index contributed by atoms with van der Waals surface area (Å²) >= 11 is 0. The van der Waals surface area contributed by atoms with E-state index in [-0.39, 0.29) is 0 Å². The minimum Gasteiger partial charge on any atom is -0.371 e. The van der Waals surface area contributed by atoms with Gasteiger partial charge in [-0.2, -0.15) is 0 Å². The second-order valence-corrected chi connectivity index (χ2v) is 8.11. The average Bonchev–Trinajstić information content (AvgIpc) is 3.29. The summed E-state index contributed by atoms with van der Waals surface area (Å²) in [5, 5.41) is 0. The Morgan fingerprint density at radius 1 is 1.00 bits per heavy atom. The highest BCUT2D eigenvalue weighted by Gasteiger charge is 2.38. The maximum atomic E-state index is 2.61. The predicted octanol–water partition coefficient (Wildman–Crippen LogP) is 4.11. The van der Waals surface area contributed by atoms with Crippen LogP contribution in [-0.4, -0.2) is 42.5 Å². The summed E-state index contributed by atoms with van der Waals surface area (Å²) in [4.78, 5) is 5.18. The number of hydrogen-bond acceptors (Lipinski definition) is 2. The van der Waals surface area contributed by atoms with Crippen LogP contribution in [0.25, 0.3) is 5.57 Å². The zero-order valence-corrected chi connectivity index (χ0v) is 15.0. The molecule has 2 saturated heterocycles. The Hall–Kier alpha value is -1.80. The number of benzene rings is 1. The molecule has 0 spiro atoms. The van der Waals surface area contributed by atoms with Crippen molar-refractivity contribution in [2.24, 2.45) is 11.8 Å². The molecular formula is C23H28N2. The third-order valence-electron chi connectivity index (χ3n) is 6.58. The van der Waals surface area contributed by atoms with E-state index in [0.717, 1.165) is 11.8 Å². The fourth-order valence-electron chi connectivity index (χ4n) is 4.99. The van der Waals surface area contributed by atoms with Crippen LogP contribution in [0.2, 0.25) is 0 Å². The molecule has 2 aliphatic carbocycles. The zero-order chi connectivity index (χ0) is 16.6. The van der Waals surface area contributed by atoms with E-state index in [1.807, 2.05) is 0 Å². The highest BCUT2D eigenvalue weighted by atomic mass is 15.2. The van der Waals surface area contributed by atoms with Gasteiger partial charge in [0.1, 0.15) is 0 Å². The third-order valence-corrected chi connectivity index (χ3v) is 6.58. The van der Waals surface area contributed by atoms with Gasteiger partial charge in [0, 0.05) is 31.2 Å². The summed E-state index contributed by atoms with van der Waals surface area (Å²) in [7, 11) is 0. The predicted molar refractivity (Wildman–Crippen MR) is 104 cm³/mol. The molecule has 5 rings (SSSR count). The van der Waals surface area contributed by atoms with Crippen molar-refractivity contribution in [1.82, 2.24) is 9.80 Å². The van der Waals surface area contributed by atoms with Crippen molar-refractivity contribution < 1.29 is 0 Å². The Bertz CT molecular complexity index is 719. The van der Waals surface area contributed by atoms with Crippen LogP contribution in [0.15, 0.2) is 54.3 Å². The molecule has 0 N–H and O–H groups in total. The fraction of sp³-hybridized carbons (Fsp3) is 0.478. The summed E-state index contributed by atoms with van der Waals surface area (Å²) in [5.74, 6) is 1.55. The van der Waals surface area contributed by atoms with Gasteiger partial charge in [-0.25, -0.2) is 0 Å². The number of rotatable bonds is 5. The van der Waals surface area contributed by atoms with E-state index < -0.39 is 0 Å². The Labute approximate surface area is 151 Å². The van der Waals surface area contributed by atoms with Crippen molar-refractivity contribution in [3.8, 4) is 0 Å². The Kier molecular flexibility index (Phi) is 4.01. The lowest BCUT2D eigenvalue weighted by molar-refractivity contribution is 0.343. The molecule has 0 radical (unpaired) electrons. The number of nitrogens with zero attached hydrogens (tertiary/aromatic N) is 2. The SMILES string of the molecule is C1=CC(N2CC3CC=C(c4ccc(CCN5CCCC5)cc4)C3C2)=C1. The molecule has 2 nitrogen and oxygen atoms in total. The second-order valence-electron chi connectivity index (χ2n) is 8.11. The molecule has 25 heavy (non-hydrogen) atoms. The van der Waals surface area contributed by atoms with E-state index in [9.17, 15) is 0 Å². The first-order chi connectivity index (χ1) is 12.4. The molecule has 2 heterocycles. The molecule has 2 aliphatic heterocycles. The largest absolute Gasteiger partial charge is 0.371 e. The van der Waals surface area contributed by atoms with Crippen LogP contribution in [0.5, 0.6) is 0 Å². The van der Waals surface area contributed by atoms with E-state index in [0.29, 0.717) is 0 Å². The number of fused-ring (bicyclic) bond motifs is 1. The maximum absolute atomic E-state index is 2.61. The van der Waals surface area contributed by atoms with Crippen molar-refractivity contribution in [1.29, 1.82) is 0 Å². The van der Waals surface area contributed by atoms with Crippen LogP contribution in [0.1, 0.15) is 30.4 Å². The van der Waals surface area contributed by atoms with Crippen molar-refractivity contribution in [2.45, 2.75) is 25.7 Å². The van der Waals surface area contributed by atoms with E-state index in [4.69, 9.17) is 0 Å². The lowest BCUT2D eigenvalue weighted by Gasteiger charge is -2.23. The quantitative estimate of drug-likeness (QED) is 0.800. The standard InChI is InChI=1S/C23H28N2/c1-2-14-24(13-1)15-12-18-6-8-19(9-7-18)22-11-10-20-16-25(17-23(20)22)21-4-3-5-21/h3-9,11,20,23H,1-2,10,12-17H2. The maximum Gasteiger partial charge on any atom is 0.0366 e. The van der Waals surface area contributed by atoms with Crippen LogP contribution < -0.4 is 0 Å². The molecule has 130 valence electrons. The molecule has 0 aromatic heterocycles. The number of allylic oxidation sites excluding steroid dienone is 4. The second kappa shape index (κ2) is 6.49. The lowest BCUT2D eigenvalue weighted by atomic mass is 9.90. The van der Waals surface area contributed by atoms with E-state index in [1.165, 1.54) is 75.2 Å². The molecule has 2 heteroatoms. The molecule has 0 amide bonds. The van der Waals surface area contributed by atoms with Crippen LogP contribution in [0.3, 0.4) is 0 Å². The van der Waals surface area contributed by atoms with Crippen LogP contribution in [0, 0.1) is 11.8 Å². The molecule has 2 unspecified atom stereocenters. The van der Waals surface area contributed by atoms with Gasteiger partial charge in [-0.1, -0.05) is 36.4 Å². The van der Waals surface area contributed by atoms with Crippen molar-refractivity contribution in [3.63, 3.8) is 0 Å². The van der Waals surface area contributed by atoms with Gasteiger partial charge >= 0.3 is 0 Å². The van der Waals surface area contributed by atoms with Gasteiger partial charge in [0.2, 0.25) is 0 Å². The summed E-state index contributed by atoms with van der Waals surface area (Å²) in [5.41, 5.74) is 5.98. The lowest BCUT2D eigenvalue weighted by Crippen LogP contribution is -2.22. The summed E-state index contributed by atoms with van der Waals surface area (Å²) < 4.78 is 0. The van der Waals surface area contributed by atoms with E-state index in [1.54, 1.807) is 5.57 Å². The van der Waals surface area contributed by atoms with Gasteiger partial charge in [-0.3, -0.25) is 0 Å². The topological polar surface area (TPSA) is 6.48 Å². The Morgan fingerprint density at radius 2 is 1.80 bits per heavy atom. The molecular weight excluding hydrogens is 304 g/mol. The van der Waals surface area contributed by atoms with Crippen LogP contribution in [-0.2, 0) is 6.42 Å². The van der Waals surface area contributed by atoms with Gasteiger partial charge in [0.15, 0.2) is 0 Å². The zero-order valence-electron chi connectivity index (χ0n) is 15.0. The molecule has 4 aliphatic rings.